The van der Waals surface area contributed by atoms with Crippen LogP contribution < -0.4 is 17.0 Å². The first-order valence-corrected chi connectivity index (χ1v) is 12.6. The summed E-state index contributed by atoms with van der Waals surface area (Å²) in [6, 6.07) is 0.786. The van der Waals surface area contributed by atoms with Gasteiger partial charge < -0.3 is 21.5 Å². The fraction of sp³-hybridized carbons (Fsp3) is 1.00. The van der Waals surface area contributed by atoms with E-state index in [-0.39, 0.29) is 17.0 Å². The molecule has 0 aromatic carbocycles. The third-order valence-corrected chi connectivity index (χ3v) is 6.47. The van der Waals surface area contributed by atoms with Crippen LogP contribution in [0.3, 0.4) is 0 Å². The van der Waals surface area contributed by atoms with Crippen molar-refractivity contribution in [2.75, 3.05) is 26.1 Å². The SMILES string of the molecule is CCCCCCCCCCC[N+](C)(CCl)CCCCCCCCCCC.[Br-]. The highest BCUT2D eigenvalue weighted by Gasteiger charge is 2.18. The van der Waals surface area contributed by atoms with Gasteiger partial charge in [-0.2, -0.15) is 0 Å². The summed E-state index contributed by atoms with van der Waals surface area (Å²) in [7, 11) is 2.36. The second-order valence-corrected chi connectivity index (χ2v) is 9.08. The predicted octanol–water partition coefficient (Wildman–Crippen LogP) is 5.69. The van der Waals surface area contributed by atoms with Crippen molar-refractivity contribution in [3.05, 3.63) is 0 Å². The number of hydrogen-bond acceptors (Lipinski definition) is 0. The molecule has 0 unspecified atom stereocenters. The van der Waals surface area contributed by atoms with Gasteiger partial charge in [-0.25, -0.2) is 0 Å². The molecule has 1 nitrogen and oxygen atoms in total. The third-order valence-electron chi connectivity index (χ3n) is 5.89. The Balaban J connectivity index is 0. The zero-order valence-electron chi connectivity index (χ0n) is 19.1. The van der Waals surface area contributed by atoms with E-state index in [1.807, 2.05) is 0 Å². The lowest BCUT2D eigenvalue weighted by molar-refractivity contribution is -0.899. The molecule has 0 heterocycles. The molecule has 0 rings (SSSR count). The summed E-state index contributed by atoms with van der Waals surface area (Å²) in [4.78, 5) is 0. The van der Waals surface area contributed by atoms with Crippen LogP contribution in [0, 0.1) is 0 Å². The van der Waals surface area contributed by atoms with Gasteiger partial charge >= 0.3 is 0 Å². The predicted molar refractivity (Wildman–Crippen MR) is 121 cm³/mol. The highest BCUT2D eigenvalue weighted by molar-refractivity contribution is 6.16. The van der Waals surface area contributed by atoms with Crippen molar-refractivity contribution in [3.8, 4) is 0 Å². The summed E-state index contributed by atoms with van der Waals surface area (Å²) in [5, 5.41) is 0. The molecule has 0 radical (unpaired) electrons. The number of nitrogens with zero attached hydrogens (tertiary/aromatic N) is 1. The van der Waals surface area contributed by atoms with Gasteiger partial charge in [0.05, 0.1) is 20.1 Å². The van der Waals surface area contributed by atoms with Gasteiger partial charge in [-0.05, 0) is 25.7 Å². The van der Waals surface area contributed by atoms with Gasteiger partial charge in [-0.3, -0.25) is 0 Å². The van der Waals surface area contributed by atoms with Gasteiger partial charge in [0, 0.05) is 0 Å². The summed E-state index contributed by atoms with van der Waals surface area (Å²) in [6.07, 6.45) is 25.4. The topological polar surface area (TPSA) is 0 Å². The van der Waals surface area contributed by atoms with Gasteiger partial charge in [0.25, 0.3) is 0 Å². The van der Waals surface area contributed by atoms with E-state index in [1.165, 1.54) is 129 Å². The molecule has 0 aliphatic carbocycles. The van der Waals surface area contributed by atoms with Gasteiger partial charge in [0.1, 0.15) is 0 Å². The Labute approximate surface area is 188 Å². The van der Waals surface area contributed by atoms with Crippen LogP contribution in [0.25, 0.3) is 0 Å². The third kappa shape index (κ3) is 21.3. The average Bonchev–Trinajstić information content (AvgIpc) is 2.65. The fourth-order valence-electron chi connectivity index (χ4n) is 3.84. The normalized spacial score (nSPS) is 11.6. The highest BCUT2D eigenvalue weighted by atomic mass is 79.9. The number of alkyl halides is 1. The maximum Gasteiger partial charge on any atom is 0.154 e. The molecule has 0 fully saturated rings. The summed E-state index contributed by atoms with van der Waals surface area (Å²) in [5.74, 6) is 0. The standard InChI is InChI=1S/C24H51ClN.BrH/c1-4-6-8-10-12-14-16-18-20-22-26(3,24-25)23-21-19-17-15-13-11-9-7-5-2;/h4-24H2,1-3H3;1H/q+1;/p-1. The molecule has 0 N–H and O–H groups in total. The summed E-state index contributed by atoms with van der Waals surface area (Å²) in [6.45, 7) is 7.13. The van der Waals surface area contributed by atoms with Crippen molar-refractivity contribution in [1.82, 2.24) is 0 Å². The van der Waals surface area contributed by atoms with E-state index in [9.17, 15) is 0 Å². The van der Waals surface area contributed by atoms with Crippen molar-refractivity contribution < 1.29 is 21.5 Å². The zero-order chi connectivity index (χ0) is 19.3. The van der Waals surface area contributed by atoms with Crippen LogP contribution in [0.5, 0.6) is 0 Å². The molecule has 0 aromatic rings. The van der Waals surface area contributed by atoms with Crippen LogP contribution in [-0.4, -0.2) is 30.6 Å². The van der Waals surface area contributed by atoms with E-state index in [4.69, 9.17) is 11.6 Å². The Bertz CT molecular complexity index is 251. The molecule has 27 heavy (non-hydrogen) atoms. The molecule has 0 saturated heterocycles. The molecule has 0 bridgehead atoms. The molecule has 0 amide bonds. The van der Waals surface area contributed by atoms with Crippen molar-refractivity contribution in [2.45, 2.75) is 129 Å². The summed E-state index contributed by atoms with van der Waals surface area (Å²) >= 11 is 6.30. The minimum Gasteiger partial charge on any atom is -1.00 e. The van der Waals surface area contributed by atoms with E-state index in [0.29, 0.717) is 0 Å². The Morgan fingerprint density at radius 3 is 1.00 bits per heavy atom. The molecule has 0 saturated carbocycles. The molecule has 166 valence electrons. The molecule has 3 heteroatoms. The van der Waals surface area contributed by atoms with E-state index in [0.717, 1.165) is 10.5 Å². The molecule has 0 aromatic heterocycles. The second-order valence-electron chi connectivity index (χ2n) is 8.84. The number of quaternary nitrogens is 1. The van der Waals surface area contributed by atoms with E-state index >= 15 is 0 Å². The number of rotatable bonds is 21. The van der Waals surface area contributed by atoms with Gasteiger partial charge in [-0.15, -0.1) is 0 Å². The number of unbranched alkanes of at least 4 members (excludes halogenated alkanes) is 16. The van der Waals surface area contributed by atoms with E-state index in [2.05, 4.69) is 20.9 Å². The lowest BCUT2D eigenvalue weighted by Gasteiger charge is -2.32. The number of halogens is 2. The fourth-order valence-corrected chi connectivity index (χ4v) is 4.08. The van der Waals surface area contributed by atoms with Crippen molar-refractivity contribution in [2.24, 2.45) is 0 Å². The molecular formula is C24H51BrClN. The van der Waals surface area contributed by atoms with Crippen molar-refractivity contribution >= 4 is 11.6 Å². The molecule has 0 aliphatic rings. The molecule has 0 aliphatic heterocycles. The Kier molecular flexibility index (Phi) is 25.5. The largest absolute Gasteiger partial charge is 1.00 e. The molecule has 0 atom stereocenters. The first kappa shape index (κ1) is 29.9. The minimum atomic E-state index is 0. The lowest BCUT2D eigenvalue weighted by Crippen LogP contribution is -3.00. The van der Waals surface area contributed by atoms with Crippen molar-refractivity contribution in [1.29, 1.82) is 0 Å². The second kappa shape index (κ2) is 23.0. The van der Waals surface area contributed by atoms with Crippen LogP contribution in [-0.2, 0) is 0 Å². The minimum absolute atomic E-state index is 0. The van der Waals surface area contributed by atoms with Crippen molar-refractivity contribution in [3.63, 3.8) is 0 Å². The van der Waals surface area contributed by atoms with Gasteiger partial charge in [-0.1, -0.05) is 115 Å². The van der Waals surface area contributed by atoms with Crippen LogP contribution in [0.4, 0.5) is 0 Å². The molecular weight excluding hydrogens is 418 g/mol. The summed E-state index contributed by atoms with van der Waals surface area (Å²) in [5.41, 5.74) is 0. The first-order valence-electron chi connectivity index (χ1n) is 12.1. The Morgan fingerprint density at radius 2 is 0.741 bits per heavy atom. The van der Waals surface area contributed by atoms with E-state index < -0.39 is 0 Å². The van der Waals surface area contributed by atoms with Gasteiger partial charge in [0.2, 0.25) is 0 Å². The van der Waals surface area contributed by atoms with Crippen LogP contribution in [0.15, 0.2) is 0 Å². The Morgan fingerprint density at radius 1 is 0.481 bits per heavy atom. The van der Waals surface area contributed by atoms with Crippen LogP contribution >= 0.6 is 11.6 Å². The van der Waals surface area contributed by atoms with Crippen LogP contribution in [0.1, 0.15) is 129 Å². The van der Waals surface area contributed by atoms with Crippen LogP contribution in [0.2, 0.25) is 0 Å². The summed E-state index contributed by atoms with van der Waals surface area (Å²) < 4.78 is 1.08. The maximum atomic E-state index is 6.30. The zero-order valence-corrected chi connectivity index (χ0v) is 21.4. The maximum absolute atomic E-state index is 6.30. The van der Waals surface area contributed by atoms with Gasteiger partial charge in [0.15, 0.2) is 6.00 Å². The quantitative estimate of drug-likeness (QED) is 0.0877. The average molecular weight is 469 g/mol. The first-order chi connectivity index (χ1) is 12.7. The molecule has 0 spiro atoms. The smallest absolute Gasteiger partial charge is 0.154 e. The van der Waals surface area contributed by atoms with E-state index in [1.54, 1.807) is 0 Å². The lowest BCUT2D eigenvalue weighted by atomic mass is 10.1. The Hall–Kier alpha value is 0.730. The number of hydrogen-bond donors (Lipinski definition) is 0. The highest BCUT2D eigenvalue weighted by Crippen LogP contribution is 2.15. The monoisotopic (exact) mass is 467 g/mol.